The van der Waals surface area contributed by atoms with E-state index in [1.807, 2.05) is 18.2 Å². The van der Waals surface area contributed by atoms with Crippen molar-refractivity contribution in [3.8, 4) is 0 Å². The van der Waals surface area contributed by atoms with Crippen LogP contribution in [0.3, 0.4) is 0 Å². The Bertz CT molecular complexity index is 1990. The van der Waals surface area contributed by atoms with E-state index < -0.39 is 56.7 Å². The first-order valence-electron chi connectivity index (χ1n) is 14.9. The number of para-hydroxylation sites is 2. The van der Waals surface area contributed by atoms with Crippen LogP contribution >= 0.6 is 0 Å². The predicted molar refractivity (Wildman–Crippen MR) is 164 cm³/mol. The molecule has 0 spiro atoms. The molecule has 0 N–H and O–H groups in total. The Morgan fingerprint density at radius 2 is 1.47 bits per heavy atom. The largest absolute Gasteiger partial charge is 0.330 e. The van der Waals surface area contributed by atoms with Gasteiger partial charge in [0.15, 0.2) is 11.5 Å². The van der Waals surface area contributed by atoms with Crippen LogP contribution in [0.15, 0.2) is 95.9 Å². The number of rotatable bonds is 9. The smallest absolute Gasteiger partial charge is 0.268 e. The van der Waals surface area contributed by atoms with Crippen LogP contribution in [0.25, 0.3) is 10.9 Å². The number of aryl methyl sites for hydroxylation is 1. The van der Waals surface area contributed by atoms with Crippen molar-refractivity contribution in [2.24, 2.45) is 11.8 Å². The lowest BCUT2D eigenvalue weighted by molar-refractivity contribution is -0.155. The van der Waals surface area contributed by atoms with Crippen molar-refractivity contribution in [2.75, 3.05) is 11.9 Å². The third kappa shape index (κ3) is 3.93. The highest BCUT2D eigenvalue weighted by atomic mass is 32.2. The Kier molecular flexibility index (Phi) is 6.61. The predicted octanol–water partition coefficient (Wildman–Crippen LogP) is 3.92. The van der Waals surface area contributed by atoms with Gasteiger partial charge in [0.05, 0.1) is 16.1 Å². The number of aromatic nitrogens is 1. The molecule has 1 aromatic heterocycles. The highest BCUT2D eigenvalue weighted by Gasteiger charge is 2.83. The van der Waals surface area contributed by atoms with Gasteiger partial charge in [-0.25, -0.2) is 17.3 Å². The average Bonchev–Trinajstić information content (AvgIpc) is 3.72. The zero-order chi connectivity index (χ0) is 31.7. The fourth-order valence-corrected chi connectivity index (χ4v) is 9.08. The van der Waals surface area contributed by atoms with Crippen LogP contribution in [0.1, 0.15) is 31.9 Å². The number of unbranched alkanes of at least 4 members (excludes halogenated alkanes) is 1. The molecule has 3 aromatic carbocycles. The lowest BCUT2D eigenvalue weighted by atomic mass is 9.71. The van der Waals surface area contributed by atoms with Crippen molar-refractivity contribution in [1.29, 1.82) is 0 Å². The minimum Gasteiger partial charge on any atom is -0.330 e. The molecule has 4 heterocycles. The Balaban J connectivity index is 1.19. The number of carbonyl (C=O) groups excluding carboxylic acids is 4. The number of Topliss-reactive ketones (excluding diaryl/α,β-unsaturated/α-hetero) is 1. The molecule has 0 saturated carbocycles. The van der Waals surface area contributed by atoms with E-state index in [1.165, 1.54) is 22.8 Å². The number of hydrogen-bond donors (Lipinski definition) is 0. The number of nitrogens with zero attached hydrogens (tertiary/aromatic N) is 3. The number of piperidine rings is 1. The number of imide groups is 1. The molecule has 4 aromatic rings. The number of carbonyl (C=O) groups is 4. The molecule has 3 amide bonds. The second-order valence-corrected chi connectivity index (χ2v) is 13.7. The first-order chi connectivity index (χ1) is 21.6. The quantitative estimate of drug-likeness (QED) is 0.157. The van der Waals surface area contributed by atoms with Crippen LogP contribution in [-0.4, -0.2) is 59.2 Å². The topological polar surface area (TPSA) is 123 Å². The highest BCUT2D eigenvalue weighted by Crippen LogP contribution is 2.61. The van der Waals surface area contributed by atoms with Gasteiger partial charge in [0.25, 0.3) is 15.9 Å². The zero-order valence-corrected chi connectivity index (χ0v) is 25.6. The second kappa shape index (κ2) is 10.2. The van der Waals surface area contributed by atoms with Gasteiger partial charge in [-0.05, 0) is 69.0 Å². The molecule has 10 nitrogen and oxygen atoms in total. The van der Waals surface area contributed by atoms with Crippen molar-refractivity contribution >= 4 is 50.1 Å². The lowest BCUT2D eigenvalue weighted by Gasteiger charge is -2.38. The summed E-state index contributed by atoms with van der Waals surface area (Å²) in [5.74, 6) is -4.67. The third-order valence-corrected chi connectivity index (χ3v) is 11.3. The summed E-state index contributed by atoms with van der Waals surface area (Å²) in [5.41, 5.74) is -2.02. The normalized spacial score (nSPS) is 25.9. The van der Waals surface area contributed by atoms with Crippen molar-refractivity contribution in [3.63, 3.8) is 0 Å². The highest BCUT2D eigenvalue weighted by molar-refractivity contribution is 7.90. The molecule has 3 saturated heterocycles. The van der Waals surface area contributed by atoms with Crippen molar-refractivity contribution in [1.82, 2.24) is 8.87 Å². The lowest BCUT2D eigenvalue weighted by Crippen LogP contribution is -2.60. The number of fused-ring (bicyclic) bond motifs is 6. The monoisotopic (exact) mass is 625 g/mol. The molecule has 7 rings (SSSR count). The molecule has 2 unspecified atom stereocenters. The number of hydrogen-bond acceptors (Lipinski definition) is 7. The van der Waals surface area contributed by atoms with Crippen LogP contribution in [0.2, 0.25) is 0 Å². The minimum atomic E-state index is -3.89. The molecule has 0 aliphatic carbocycles. The Morgan fingerprint density at radius 3 is 2.16 bits per heavy atom. The maximum Gasteiger partial charge on any atom is 0.268 e. The van der Waals surface area contributed by atoms with E-state index in [2.05, 4.69) is 0 Å². The van der Waals surface area contributed by atoms with E-state index in [4.69, 9.17) is 4.74 Å². The van der Waals surface area contributed by atoms with Crippen LogP contribution in [0, 0.1) is 11.8 Å². The standard InChI is InChI=1S/C34H31N3O7S/c1-22(38)34-29-28(30(39)36(31(29)40)24-14-5-3-6-15-24)33(44-34,35(2)32(34)41)20-12-11-16-25-21-23-13-9-10-19-27(23)37(25)45(42,43)26-17-7-4-8-18-26/h3-10,13-15,17-19,21,28-29H,11-12,16,20H2,1-2H3/t28?,29?,33-,34+/m0/s1. The summed E-state index contributed by atoms with van der Waals surface area (Å²) in [6.45, 7) is 1.22. The summed E-state index contributed by atoms with van der Waals surface area (Å²) in [4.78, 5) is 57.1. The van der Waals surface area contributed by atoms with Crippen molar-refractivity contribution in [3.05, 3.63) is 96.7 Å². The molecular formula is C34H31N3O7S. The third-order valence-electron chi connectivity index (χ3n) is 9.53. The molecule has 45 heavy (non-hydrogen) atoms. The molecule has 3 fully saturated rings. The molecule has 0 radical (unpaired) electrons. The summed E-state index contributed by atoms with van der Waals surface area (Å²) in [6.07, 6.45) is 1.47. The van der Waals surface area contributed by atoms with Gasteiger partial charge in [-0.1, -0.05) is 54.6 Å². The van der Waals surface area contributed by atoms with Gasteiger partial charge < -0.3 is 9.64 Å². The molecule has 11 heteroatoms. The Morgan fingerprint density at radius 1 is 0.844 bits per heavy atom. The molecule has 3 aliphatic rings. The number of ether oxygens (including phenoxy) is 1. The first-order valence-corrected chi connectivity index (χ1v) is 16.3. The fraction of sp³-hybridized carbons (Fsp3) is 0.294. The van der Waals surface area contributed by atoms with Gasteiger partial charge in [0, 0.05) is 18.1 Å². The van der Waals surface area contributed by atoms with Crippen molar-refractivity contribution in [2.45, 2.75) is 48.8 Å². The van der Waals surface area contributed by atoms with Gasteiger partial charge in [-0.15, -0.1) is 0 Å². The molecular weight excluding hydrogens is 594 g/mol. The van der Waals surface area contributed by atoms with Crippen LogP contribution in [0.4, 0.5) is 5.69 Å². The second-order valence-electron chi connectivity index (χ2n) is 11.9. The van der Waals surface area contributed by atoms with E-state index in [-0.39, 0.29) is 11.3 Å². The summed E-state index contributed by atoms with van der Waals surface area (Å²) < 4.78 is 35.3. The van der Waals surface area contributed by atoms with Crippen LogP contribution < -0.4 is 4.90 Å². The summed E-state index contributed by atoms with van der Waals surface area (Å²) >= 11 is 0. The summed E-state index contributed by atoms with van der Waals surface area (Å²) in [5, 5.41) is 0.788. The van der Waals surface area contributed by atoms with Gasteiger partial charge >= 0.3 is 0 Å². The Hall–Kier alpha value is -4.61. The fourth-order valence-electron chi connectivity index (χ4n) is 7.49. The van der Waals surface area contributed by atoms with Crippen LogP contribution in [0.5, 0.6) is 0 Å². The van der Waals surface area contributed by atoms with Gasteiger partial charge in [0.2, 0.25) is 17.4 Å². The van der Waals surface area contributed by atoms with E-state index in [0.29, 0.717) is 36.2 Å². The molecule has 3 aliphatic heterocycles. The molecule has 2 bridgehead atoms. The number of benzene rings is 3. The number of ketones is 1. The number of likely N-dealkylation sites (tertiary alicyclic amines) is 1. The van der Waals surface area contributed by atoms with E-state index in [0.717, 1.165) is 10.3 Å². The van der Waals surface area contributed by atoms with E-state index in [9.17, 15) is 27.6 Å². The number of amides is 3. The average molecular weight is 626 g/mol. The number of anilines is 1. The zero-order valence-electron chi connectivity index (χ0n) is 24.8. The van der Waals surface area contributed by atoms with Crippen LogP contribution in [-0.2, 0) is 40.4 Å². The maximum absolute atomic E-state index is 14.0. The minimum absolute atomic E-state index is 0.177. The van der Waals surface area contributed by atoms with Gasteiger partial charge in [-0.2, -0.15) is 0 Å². The maximum atomic E-state index is 14.0. The molecule has 4 atom stereocenters. The summed E-state index contributed by atoms with van der Waals surface area (Å²) in [7, 11) is -2.38. The van der Waals surface area contributed by atoms with Gasteiger partial charge in [-0.3, -0.25) is 19.2 Å². The number of likely N-dealkylation sites (N-methyl/N-ethyl adjacent to an activating group) is 1. The van der Waals surface area contributed by atoms with E-state index >= 15 is 0 Å². The van der Waals surface area contributed by atoms with Crippen molar-refractivity contribution < 1.29 is 32.3 Å². The summed E-state index contributed by atoms with van der Waals surface area (Å²) in [6, 6.07) is 25.9. The Labute approximate surface area is 260 Å². The molecule has 230 valence electrons. The van der Waals surface area contributed by atoms with E-state index in [1.54, 1.807) is 72.8 Å². The SMILES string of the molecule is CC(=O)[C@@]12O[C@@](CCCCc3cc4ccccc4n3S(=O)(=O)c3ccccc3)(C3C(=O)N(c4ccccc4)C(=O)C31)N(C)C2=O. The first kappa shape index (κ1) is 29.1. The van der Waals surface area contributed by atoms with Gasteiger partial charge in [0.1, 0.15) is 11.8 Å².